The predicted molar refractivity (Wildman–Crippen MR) is 77.7 cm³/mol. The standard InChI is InChI=1S/C13H13ClF3N5O2/c1-7(12(23)24)21(2)6-11-18-19-20-22(11)10-4-3-8(14)5-9(10)13(15,16)17/h3-5,7H,6H2,1-2H3,(H,23,24)/t7-/m1/s1. The van der Waals surface area contributed by atoms with Gasteiger partial charge in [0.05, 0.1) is 17.8 Å². The summed E-state index contributed by atoms with van der Waals surface area (Å²) >= 11 is 5.65. The SMILES string of the molecule is C[C@H](C(=O)O)N(C)Cc1nnnn1-c1ccc(Cl)cc1C(F)(F)F. The summed E-state index contributed by atoms with van der Waals surface area (Å²) in [5.74, 6) is -1.00. The van der Waals surface area contributed by atoms with Crippen LogP contribution in [-0.2, 0) is 17.5 Å². The molecule has 1 N–H and O–H groups in total. The van der Waals surface area contributed by atoms with Gasteiger partial charge >= 0.3 is 12.1 Å². The molecule has 1 aromatic heterocycles. The number of nitrogens with zero attached hydrogens (tertiary/aromatic N) is 5. The number of hydrogen-bond donors (Lipinski definition) is 1. The van der Waals surface area contributed by atoms with Crippen molar-refractivity contribution in [3.8, 4) is 5.69 Å². The number of rotatable bonds is 5. The molecule has 0 bridgehead atoms. The van der Waals surface area contributed by atoms with Crippen LogP contribution in [0.5, 0.6) is 0 Å². The second kappa shape index (κ2) is 6.73. The molecule has 2 rings (SSSR count). The molecule has 1 atom stereocenters. The van der Waals surface area contributed by atoms with Crippen molar-refractivity contribution in [2.75, 3.05) is 7.05 Å². The maximum atomic E-state index is 13.2. The number of hydrogen-bond acceptors (Lipinski definition) is 5. The highest BCUT2D eigenvalue weighted by Crippen LogP contribution is 2.35. The van der Waals surface area contributed by atoms with Gasteiger partial charge in [-0.2, -0.15) is 17.9 Å². The topological polar surface area (TPSA) is 84.1 Å². The summed E-state index contributed by atoms with van der Waals surface area (Å²) in [6, 6.07) is 2.38. The summed E-state index contributed by atoms with van der Waals surface area (Å²) in [7, 11) is 1.50. The highest BCUT2D eigenvalue weighted by Gasteiger charge is 2.35. The first kappa shape index (κ1) is 18.1. The van der Waals surface area contributed by atoms with Crippen molar-refractivity contribution in [1.29, 1.82) is 0 Å². The quantitative estimate of drug-likeness (QED) is 0.877. The molecule has 0 spiro atoms. The van der Waals surface area contributed by atoms with Gasteiger partial charge in [0.2, 0.25) is 0 Å². The molecule has 0 saturated carbocycles. The number of aliphatic carboxylic acids is 1. The van der Waals surface area contributed by atoms with Crippen molar-refractivity contribution >= 4 is 17.6 Å². The molecule has 24 heavy (non-hydrogen) atoms. The lowest BCUT2D eigenvalue weighted by atomic mass is 10.1. The van der Waals surface area contributed by atoms with Crippen LogP contribution in [-0.4, -0.2) is 49.3 Å². The zero-order valence-corrected chi connectivity index (χ0v) is 13.4. The van der Waals surface area contributed by atoms with Crippen molar-refractivity contribution < 1.29 is 23.1 Å². The van der Waals surface area contributed by atoms with Gasteiger partial charge in [-0.1, -0.05) is 11.6 Å². The van der Waals surface area contributed by atoms with E-state index in [0.29, 0.717) is 0 Å². The molecule has 7 nitrogen and oxygen atoms in total. The van der Waals surface area contributed by atoms with E-state index in [4.69, 9.17) is 16.7 Å². The number of carboxylic acids is 1. The van der Waals surface area contributed by atoms with Gasteiger partial charge in [0.15, 0.2) is 5.82 Å². The van der Waals surface area contributed by atoms with Crippen molar-refractivity contribution in [3.63, 3.8) is 0 Å². The first-order valence-electron chi connectivity index (χ1n) is 6.68. The Hall–Kier alpha value is -2.20. The van der Waals surface area contributed by atoms with Gasteiger partial charge in [0.1, 0.15) is 6.04 Å². The molecular formula is C13H13ClF3N5O2. The maximum absolute atomic E-state index is 13.2. The lowest BCUT2D eigenvalue weighted by Gasteiger charge is -2.20. The molecule has 0 fully saturated rings. The number of tetrazole rings is 1. The molecule has 0 unspecified atom stereocenters. The summed E-state index contributed by atoms with van der Waals surface area (Å²) in [5, 5.41) is 19.6. The summed E-state index contributed by atoms with van der Waals surface area (Å²) < 4.78 is 40.6. The van der Waals surface area contributed by atoms with Crippen LogP contribution in [0.25, 0.3) is 5.69 Å². The van der Waals surface area contributed by atoms with E-state index in [2.05, 4.69) is 15.5 Å². The zero-order chi connectivity index (χ0) is 18.1. The Morgan fingerprint density at radius 1 is 1.46 bits per heavy atom. The van der Waals surface area contributed by atoms with Crippen molar-refractivity contribution in [1.82, 2.24) is 25.1 Å². The molecule has 0 radical (unpaired) electrons. The average molecular weight is 364 g/mol. The normalized spacial score (nSPS) is 13.3. The third-order valence-electron chi connectivity index (χ3n) is 3.44. The smallest absolute Gasteiger partial charge is 0.418 e. The van der Waals surface area contributed by atoms with Crippen molar-refractivity contribution in [2.45, 2.75) is 25.7 Å². The Morgan fingerprint density at radius 2 is 2.12 bits per heavy atom. The number of carboxylic acid groups (broad SMARTS) is 1. The van der Waals surface area contributed by atoms with Crippen molar-refractivity contribution in [2.24, 2.45) is 0 Å². The van der Waals surface area contributed by atoms with E-state index in [1.165, 1.54) is 24.9 Å². The van der Waals surface area contributed by atoms with Crippen LogP contribution < -0.4 is 0 Å². The number of halogens is 4. The van der Waals surface area contributed by atoms with E-state index >= 15 is 0 Å². The van der Waals surface area contributed by atoms with E-state index in [1.54, 1.807) is 0 Å². The summed E-state index contributed by atoms with van der Waals surface area (Å²) in [4.78, 5) is 12.4. The summed E-state index contributed by atoms with van der Waals surface area (Å²) in [5.41, 5.74) is -1.28. The van der Waals surface area contributed by atoms with E-state index in [0.717, 1.165) is 16.8 Å². The van der Waals surface area contributed by atoms with Crippen LogP contribution in [0.15, 0.2) is 18.2 Å². The van der Waals surface area contributed by atoms with E-state index in [1.807, 2.05) is 0 Å². The maximum Gasteiger partial charge on any atom is 0.418 e. The second-order valence-corrected chi connectivity index (χ2v) is 5.53. The number of carbonyl (C=O) groups is 1. The molecule has 1 aromatic carbocycles. The molecule has 0 amide bonds. The Labute approximate surface area is 139 Å². The highest BCUT2D eigenvalue weighted by atomic mass is 35.5. The number of likely N-dealkylation sites (N-methyl/N-ethyl adjacent to an activating group) is 1. The average Bonchev–Trinajstić information content (AvgIpc) is 2.93. The summed E-state index contributed by atoms with van der Waals surface area (Å²) in [6.45, 7) is 1.39. The van der Waals surface area contributed by atoms with E-state index in [9.17, 15) is 18.0 Å². The molecule has 130 valence electrons. The number of alkyl halides is 3. The van der Waals surface area contributed by atoms with Gasteiger partial charge in [-0.05, 0) is 42.6 Å². The van der Waals surface area contributed by atoms with Crippen LogP contribution in [0.1, 0.15) is 18.3 Å². The molecular weight excluding hydrogens is 351 g/mol. The Bertz CT molecular complexity index is 749. The van der Waals surface area contributed by atoms with Gasteiger partial charge in [-0.15, -0.1) is 5.10 Å². The van der Waals surface area contributed by atoms with Crippen LogP contribution in [0.2, 0.25) is 5.02 Å². The number of aromatic nitrogens is 4. The predicted octanol–water partition coefficient (Wildman–Crippen LogP) is 2.24. The first-order chi connectivity index (χ1) is 11.1. The lowest BCUT2D eigenvalue weighted by molar-refractivity contribution is -0.142. The highest BCUT2D eigenvalue weighted by molar-refractivity contribution is 6.30. The molecule has 2 aromatic rings. The van der Waals surface area contributed by atoms with Gasteiger partial charge in [0, 0.05) is 5.02 Å². The summed E-state index contributed by atoms with van der Waals surface area (Å²) in [6.07, 6.45) is -4.65. The van der Waals surface area contributed by atoms with Gasteiger partial charge in [0.25, 0.3) is 0 Å². The molecule has 0 saturated heterocycles. The van der Waals surface area contributed by atoms with Crippen LogP contribution in [0.4, 0.5) is 13.2 Å². The fraction of sp³-hybridized carbons (Fsp3) is 0.385. The zero-order valence-electron chi connectivity index (χ0n) is 12.6. The third kappa shape index (κ3) is 3.82. The minimum Gasteiger partial charge on any atom is -0.480 e. The van der Waals surface area contributed by atoms with Gasteiger partial charge < -0.3 is 5.11 Å². The minimum absolute atomic E-state index is 0.0552. The molecule has 0 aliphatic heterocycles. The Balaban J connectivity index is 2.43. The van der Waals surface area contributed by atoms with Gasteiger partial charge in [-0.25, -0.2) is 0 Å². The monoisotopic (exact) mass is 363 g/mol. The molecule has 0 aliphatic rings. The molecule has 1 heterocycles. The van der Waals surface area contributed by atoms with Gasteiger partial charge in [-0.3, -0.25) is 9.69 Å². The first-order valence-corrected chi connectivity index (χ1v) is 7.06. The van der Waals surface area contributed by atoms with Crippen LogP contribution in [0, 0.1) is 0 Å². The Morgan fingerprint density at radius 3 is 2.71 bits per heavy atom. The fourth-order valence-corrected chi connectivity index (χ4v) is 2.13. The molecule has 11 heteroatoms. The Kier molecular flexibility index (Phi) is 5.09. The minimum atomic E-state index is -4.65. The fourth-order valence-electron chi connectivity index (χ4n) is 1.96. The number of benzene rings is 1. The van der Waals surface area contributed by atoms with E-state index < -0.39 is 23.8 Å². The largest absolute Gasteiger partial charge is 0.480 e. The van der Waals surface area contributed by atoms with Crippen LogP contribution in [0.3, 0.4) is 0 Å². The van der Waals surface area contributed by atoms with E-state index in [-0.39, 0.29) is 23.1 Å². The third-order valence-corrected chi connectivity index (χ3v) is 3.67. The van der Waals surface area contributed by atoms with Crippen LogP contribution >= 0.6 is 11.6 Å². The van der Waals surface area contributed by atoms with Crippen molar-refractivity contribution in [3.05, 3.63) is 34.6 Å². The molecule has 0 aliphatic carbocycles. The second-order valence-electron chi connectivity index (χ2n) is 5.10. The lowest BCUT2D eigenvalue weighted by Crippen LogP contribution is -2.36.